The van der Waals surface area contributed by atoms with E-state index in [2.05, 4.69) is 26.6 Å². The van der Waals surface area contributed by atoms with E-state index in [0.717, 1.165) is 30.6 Å². The molecule has 35 heavy (non-hydrogen) atoms. The molecule has 0 aliphatic carbocycles. The first kappa shape index (κ1) is 30.3. The van der Waals surface area contributed by atoms with Gasteiger partial charge >= 0.3 is 5.97 Å². The summed E-state index contributed by atoms with van der Waals surface area (Å²) in [6.07, 6.45) is 6.21. The van der Waals surface area contributed by atoms with Crippen LogP contribution in [0.15, 0.2) is 37.6 Å². The maximum Gasteiger partial charge on any atom is 0.307 e. The van der Waals surface area contributed by atoms with Gasteiger partial charge in [0.2, 0.25) is 0 Å². The van der Waals surface area contributed by atoms with Crippen LogP contribution in [0.3, 0.4) is 0 Å². The number of rotatable bonds is 13. The minimum absolute atomic E-state index is 0.236. The van der Waals surface area contributed by atoms with Crippen molar-refractivity contribution in [3.63, 3.8) is 0 Å². The highest BCUT2D eigenvalue weighted by molar-refractivity contribution is 8.09. The third-order valence-corrected chi connectivity index (χ3v) is 9.35. The summed E-state index contributed by atoms with van der Waals surface area (Å²) >= 11 is 15.2. The minimum Gasteiger partial charge on any atom is -0.481 e. The molecule has 0 bridgehead atoms. The van der Waals surface area contributed by atoms with Gasteiger partial charge in [0.05, 0.1) is 39.8 Å². The topological polar surface area (TPSA) is 108 Å². The predicted octanol–water partition coefficient (Wildman–Crippen LogP) is 5.96. The van der Waals surface area contributed by atoms with Crippen LogP contribution >= 0.6 is 56.0 Å². The molecule has 12 heteroatoms. The quantitative estimate of drug-likeness (QED) is 0.114. The van der Waals surface area contributed by atoms with Crippen LogP contribution in [0.1, 0.15) is 52.4 Å². The molecule has 0 radical (unpaired) electrons. The van der Waals surface area contributed by atoms with Crippen LogP contribution in [0, 0.1) is 0 Å². The number of carboxylic acid groups (broad SMARTS) is 1. The maximum absolute atomic E-state index is 12.3. The van der Waals surface area contributed by atoms with Gasteiger partial charge in [0.15, 0.2) is 6.61 Å². The summed E-state index contributed by atoms with van der Waals surface area (Å²) in [6, 6.07) is 3.35. The molecule has 0 fully saturated rings. The molecule has 1 aliphatic rings. The first-order valence-corrected chi connectivity index (χ1v) is 14.2. The summed E-state index contributed by atoms with van der Waals surface area (Å²) < 4.78 is 0. The number of aliphatic hydroxyl groups excluding tert-OH is 1. The molecule has 7 nitrogen and oxygen atoms in total. The van der Waals surface area contributed by atoms with E-state index in [0.29, 0.717) is 25.4 Å². The predicted molar refractivity (Wildman–Crippen MR) is 148 cm³/mol. The molecule has 1 aliphatic heterocycles. The van der Waals surface area contributed by atoms with Crippen molar-refractivity contribution in [3.05, 3.63) is 32.7 Å². The van der Waals surface area contributed by atoms with Gasteiger partial charge in [-0.2, -0.15) is 0 Å². The van der Waals surface area contributed by atoms with Crippen LogP contribution in [-0.4, -0.2) is 52.0 Å². The van der Waals surface area contributed by atoms with Gasteiger partial charge in [-0.05, 0) is 31.1 Å². The Morgan fingerprint density at radius 3 is 2.57 bits per heavy atom. The Hall–Kier alpha value is -0.960. The molecule has 0 saturated heterocycles. The average molecular weight is 582 g/mol. The molecule has 1 heterocycles. The fourth-order valence-corrected chi connectivity index (χ4v) is 7.04. The summed E-state index contributed by atoms with van der Waals surface area (Å²) in [6.45, 7) is 3.54. The molecule has 0 saturated carbocycles. The van der Waals surface area contributed by atoms with E-state index in [1.807, 2.05) is 6.92 Å². The number of amides is 1. The second-order valence-electron chi connectivity index (χ2n) is 8.32. The van der Waals surface area contributed by atoms with Gasteiger partial charge in [-0.3, -0.25) is 9.59 Å². The largest absolute Gasteiger partial charge is 0.481 e. The van der Waals surface area contributed by atoms with Gasteiger partial charge in [-0.15, -0.1) is 21.0 Å². The van der Waals surface area contributed by atoms with Gasteiger partial charge in [-0.25, -0.2) is 0 Å². The van der Waals surface area contributed by atoms with Crippen molar-refractivity contribution in [1.82, 2.24) is 5.32 Å². The molecule has 0 spiro atoms. The van der Waals surface area contributed by atoms with E-state index in [-0.39, 0.29) is 25.5 Å². The lowest BCUT2D eigenvalue weighted by Crippen LogP contribution is -2.42. The van der Waals surface area contributed by atoms with E-state index in [4.69, 9.17) is 28.0 Å². The number of benzene rings is 1. The van der Waals surface area contributed by atoms with Crippen molar-refractivity contribution in [2.24, 2.45) is 5.16 Å². The average Bonchev–Trinajstić information content (AvgIpc) is 2.80. The Labute approximate surface area is 227 Å². The fourth-order valence-electron chi connectivity index (χ4n) is 3.38. The van der Waals surface area contributed by atoms with Gasteiger partial charge < -0.3 is 20.4 Å². The Balaban J connectivity index is 2.09. The smallest absolute Gasteiger partial charge is 0.307 e. The Morgan fingerprint density at radius 2 is 1.94 bits per heavy atom. The number of fused-ring (bicyclic) bond motifs is 1. The Morgan fingerprint density at radius 1 is 1.26 bits per heavy atom. The van der Waals surface area contributed by atoms with E-state index in [1.165, 1.54) is 36.2 Å². The van der Waals surface area contributed by atoms with Gasteiger partial charge in [-0.1, -0.05) is 72.7 Å². The van der Waals surface area contributed by atoms with Crippen molar-refractivity contribution in [3.8, 4) is 0 Å². The monoisotopic (exact) mass is 580 g/mol. The molecular formula is C23H31Cl2N2O5PS2. The fraction of sp³-hybridized carbons (Fsp3) is 0.522. The number of aliphatic hydroxyl groups is 1. The zero-order chi connectivity index (χ0) is 26.0. The minimum atomic E-state index is -1.07. The van der Waals surface area contributed by atoms with Crippen molar-refractivity contribution >= 4 is 74.1 Å². The summed E-state index contributed by atoms with van der Waals surface area (Å²) in [5, 5.41) is 26.2. The molecule has 1 aromatic carbocycles. The lowest BCUT2D eigenvalue weighted by atomic mass is 10.1. The summed E-state index contributed by atoms with van der Waals surface area (Å²) in [4.78, 5) is 31.0. The summed E-state index contributed by atoms with van der Waals surface area (Å²) in [5.41, 5.74) is 0.350. The highest BCUT2D eigenvalue weighted by Crippen LogP contribution is 2.53. The Kier molecular flexibility index (Phi) is 12.7. The van der Waals surface area contributed by atoms with Crippen LogP contribution in [0.4, 0.5) is 0 Å². The third-order valence-electron chi connectivity index (χ3n) is 5.06. The number of carboxylic acids is 1. The number of hydrogen-bond acceptors (Lipinski definition) is 7. The van der Waals surface area contributed by atoms with Crippen LogP contribution < -0.4 is 5.32 Å². The molecule has 3 atom stereocenters. The second kappa shape index (κ2) is 14.7. The molecular weight excluding hydrogens is 550 g/mol. The number of halogens is 2. The van der Waals surface area contributed by atoms with E-state index in [9.17, 15) is 19.8 Å². The highest BCUT2D eigenvalue weighted by Gasteiger charge is 2.30. The highest BCUT2D eigenvalue weighted by atomic mass is 35.5. The molecule has 2 rings (SSSR count). The molecule has 1 aromatic rings. The van der Waals surface area contributed by atoms with Crippen LogP contribution in [0.5, 0.6) is 0 Å². The number of nitrogens with zero attached hydrogens (tertiary/aromatic N) is 1. The first-order valence-electron chi connectivity index (χ1n) is 11.2. The van der Waals surface area contributed by atoms with Gasteiger partial charge in [0.25, 0.3) is 5.91 Å². The van der Waals surface area contributed by atoms with Crippen molar-refractivity contribution in [1.29, 1.82) is 0 Å². The molecule has 1 amide bonds. The first-order chi connectivity index (χ1) is 16.6. The molecule has 3 N–H and O–H groups in total. The van der Waals surface area contributed by atoms with Crippen LogP contribution in [-0.2, 0) is 14.4 Å². The lowest BCUT2D eigenvalue weighted by Gasteiger charge is -2.28. The van der Waals surface area contributed by atoms with Crippen LogP contribution in [0.2, 0.25) is 10.0 Å². The van der Waals surface area contributed by atoms with Crippen molar-refractivity contribution in [2.75, 3.05) is 13.2 Å². The van der Waals surface area contributed by atoms with Crippen molar-refractivity contribution < 1.29 is 24.6 Å². The molecule has 3 unspecified atom stereocenters. The number of unbranched alkanes of at least 4 members (excludes halogenated alkanes) is 3. The number of hydrogen-bond donors (Lipinski definition) is 3. The van der Waals surface area contributed by atoms with E-state index < -0.39 is 16.5 Å². The number of carbonyl (C=O) groups is 2. The molecule has 194 valence electrons. The molecule has 0 aromatic heterocycles. The number of nitrogens with one attached hydrogen (secondary N) is 1. The third kappa shape index (κ3) is 9.78. The summed E-state index contributed by atoms with van der Waals surface area (Å²) in [5.74, 6) is -1.39. The number of oxime groups is 1. The maximum atomic E-state index is 12.3. The summed E-state index contributed by atoms with van der Waals surface area (Å²) in [7, 11) is 2.67. The van der Waals surface area contributed by atoms with Gasteiger partial charge in [0, 0.05) is 14.7 Å². The SMILES string of the molecule is CCCCCCC(C)(P)NC(=O)CO/N=C/C(CC(=O)O)=C1\Sc2c(Cl)ccc(Cl)c2SC1CO. The zero-order valence-corrected chi connectivity index (χ0v) is 24.0. The number of thioether (sulfide) groups is 2. The van der Waals surface area contributed by atoms with E-state index in [1.54, 1.807) is 12.1 Å². The normalized spacial score (nSPS) is 18.6. The van der Waals surface area contributed by atoms with E-state index >= 15 is 0 Å². The standard InChI is InChI=1S/C23H31Cl2N2O5PS2/c1-3-4-5-6-9-23(2,33)27-18(29)13-32-26-11-14(10-19(30)31)20-17(12-28)34-21-15(24)7-8-16(25)22(21)35-20/h7-8,11,17,28H,3-6,9-10,12-13,33H2,1-2H3,(H,27,29)(H,30,31)/b20-14-,26-11+. The Bertz CT molecular complexity index is 975. The zero-order valence-electron chi connectivity index (χ0n) is 19.7. The van der Waals surface area contributed by atoms with Crippen molar-refractivity contribution in [2.45, 2.75) is 72.7 Å². The second-order valence-corrected chi connectivity index (χ2v) is 12.7. The lowest BCUT2D eigenvalue weighted by molar-refractivity contribution is -0.136. The van der Waals surface area contributed by atoms with Gasteiger partial charge in [0.1, 0.15) is 0 Å². The number of carbonyl (C=O) groups excluding carboxylic acids is 1. The van der Waals surface area contributed by atoms with Crippen LogP contribution in [0.25, 0.3) is 0 Å². The number of aliphatic carboxylic acids is 1.